The van der Waals surface area contributed by atoms with Crippen LogP contribution in [0.3, 0.4) is 0 Å². The molecule has 0 radical (unpaired) electrons. The maximum atomic E-state index is 12.5. The Morgan fingerprint density at radius 3 is 2.86 bits per heavy atom. The van der Waals surface area contributed by atoms with Crippen LogP contribution in [0.5, 0.6) is 0 Å². The van der Waals surface area contributed by atoms with E-state index in [2.05, 4.69) is 25.2 Å². The average Bonchev–Trinajstić information content (AvgIpc) is 2.81. The van der Waals surface area contributed by atoms with E-state index in [9.17, 15) is 8.42 Å². The summed E-state index contributed by atoms with van der Waals surface area (Å²) in [6.45, 7) is 4.65. The molecule has 0 saturated carbocycles. The van der Waals surface area contributed by atoms with Gasteiger partial charge in [0.05, 0.1) is 16.4 Å². The van der Waals surface area contributed by atoms with E-state index >= 15 is 0 Å². The van der Waals surface area contributed by atoms with Crippen molar-refractivity contribution in [1.82, 2.24) is 20.5 Å². The SMILES string of the molecule is CCNCc1n[nH]c(C)c1S(=O)(=O)Nc1ncccc1Cl. The van der Waals surface area contributed by atoms with Crippen LogP contribution in [0, 0.1) is 6.92 Å². The van der Waals surface area contributed by atoms with Crippen LogP contribution in [0.2, 0.25) is 5.02 Å². The molecule has 0 unspecified atom stereocenters. The molecular formula is C12H16ClN5O2S. The Hall–Kier alpha value is -1.64. The minimum atomic E-state index is -3.81. The van der Waals surface area contributed by atoms with Crippen molar-refractivity contribution in [3.8, 4) is 0 Å². The van der Waals surface area contributed by atoms with Crippen molar-refractivity contribution >= 4 is 27.4 Å². The minimum absolute atomic E-state index is 0.0918. The third-order valence-corrected chi connectivity index (χ3v) is 4.61. The summed E-state index contributed by atoms with van der Waals surface area (Å²) in [5.74, 6) is 0.0918. The highest BCUT2D eigenvalue weighted by Crippen LogP contribution is 2.24. The van der Waals surface area contributed by atoms with E-state index in [4.69, 9.17) is 11.6 Å². The zero-order valence-electron chi connectivity index (χ0n) is 11.6. The maximum absolute atomic E-state index is 12.5. The number of aromatic amines is 1. The Morgan fingerprint density at radius 2 is 2.19 bits per heavy atom. The first-order valence-corrected chi connectivity index (χ1v) is 8.19. The predicted octanol–water partition coefficient (Wildman–Crippen LogP) is 1.68. The molecule has 3 N–H and O–H groups in total. The molecule has 9 heteroatoms. The lowest BCUT2D eigenvalue weighted by atomic mass is 10.3. The number of aromatic nitrogens is 3. The van der Waals surface area contributed by atoms with E-state index in [1.807, 2.05) is 6.92 Å². The van der Waals surface area contributed by atoms with Crippen LogP contribution in [-0.4, -0.2) is 30.1 Å². The minimum Gasteiger partial charge on any atom is -0.311 e. The zero-order chi connectivity index (χ0) is 15.5. The molecule has 0 aromatic carbocycles. The first kappa shape index (κ1) is 15.7. The van der Waals surface area contributed by atoms with Crippen molar-refractivity contribution in [3.63, 3.8) is 0 Å². The second kappa shape index (κ2) is 6.42. The first-order chi connectivity index (χ1) is 9.95. The summed E-state index contributed by atoms with van der Waals surface area (Å²) in [5.41, 5.74) is 0.886. The Labute approximate surface area is 128 Å². The van der Waals surface area contributed by atoms with Crippen molar-refractivity contribution in [1.29, 1.82) is 0 Å². The highest BCUT2D eigenvalue weighted by atomic mass is 35.5. The third-order valence-electron chi connectivity index (χ3n) is 2.76. The highest BCUT2D eigenvalue weighted by Gasteiger charge is 2.25. The normalized spacial score (nSPS) is 11.6. The van der Waals surface area contributed by atoms with Gasteiger partial charge in [-0.3, -0.25) is 9.82 Å². The molecular weight excluding hydrogens is 314 g/mol. The van der Waals surface area contributed by atoms with Crippen LogP contribution < -0.4 is 10.0 Å². The van der Waals surface area contributed by atoms with Gasteiger partial charge in [0.2, 0.25) is 0 Å². The molecule has 114 valence electrons. The van der Waals surface area contributed by atoms with Gasteiger partial charge in [-0.1, -0.05) is 18.5 Å². The largest absolute Gasteiger partial charge is 0.311 e. The van der Waals surface area contributed by atoms with Gasteiger partial charge in [-0.25, -0.2) is 13.4 Å². The molecule has 0 bridgehead atoms. The van der Waals surface area contributed by atoms with E-state index in [1.54, 1.807) is 19.1 Å². The summed E-state index contributed by atoms with van der Waals surface area (Å²) in [6.07, 6.45) is 1.46. The second-order valence-corrected chi connectivity index (χ2v) is 6.37. The lowest BCUT2D eigenvalue weighted by molar-refractivity contribution is 0.597. The van der Waals surface area contributed by atoms with Crippen molar-refractivity contribution < 1.29 is 8.42 Å². The van der Waals surface area contributed by atoms with Gasteiger partial charge in [-0.15, -0.1) is 0 Å². The average molecular weight is 330 g/mol. The lowest BCUT2D eigenvalue weighted by Crippen LogP contribution is -2.19. The molecule has 2 aromatic heterocycles. The Bertz CT molecular complexity index is 729. The van der Waals surface area contributed by atoms with Gasteiger partial charge in [0.1, 0.15) is 4.90 Å². The standard InChI is InChI=1S/C12H16ClN5O2S/c1-3-14-7-10-11(8(2)16-17-10)21(19,20)18-12-9(13)5-4-6-15-12/h4-6,14H,3,7H2,1-2H3,(H,15,18)(H,16,17). The quantitative estimate of drug-likeness (QED) is 0.748. The molecule has 2 aromatic rings. The van der Waals surface area contributed by atoms with Gasteiger partial charge in [-0.2, -0.15) is 5.10 Å². The van der Waals surface area contributed by atoms with Gasteiger partial charge in [0.15, 0.2) is 5.82 Å². The molecule has 0 atom stereocenters. The monoisotopic (exact) mass is 329 g/mol. The number of anilines is 1. The number of hydrogen-bond acceptors (Lipinski definition) is 5. The molecule has 0 aliphatic heterocycles. The number of H-pyrrole nitrogens is 1. The predicted molar refractivity (Wildman–Crippen MR) is 80.8 cm³/mol. The van der Waals surface area contributed by atoms with E-state index in [0.717, 1.165) is 0 Å². The van der Waals surface area contributed by atoms with Gasteiger partial charge < -0.3 is 5.32 Å². The van der Waals surface area contributed by atoms with E-state index in [-0.39, 0.29) is 15.7 Å². The summed E-state index contributed by atoms with van der Waals surface area (Å²) >= 11 is 5.93. The fourth-order valence-electron chi connectivity index (χ4n) is 1.83. The molecule has 7 nitrogen and oxygen atoms in total. The summed E-state index contributed by atoms with van der Waals surface area (Å²) in [6, 6.07) is 3.19. The topological polar surface area (TPSA) is 99.8 Å². The van der Waals surface area contributed by atoms with Crippen LogP contribution in [0.4, 0.5) is 5.82 Å². The van der Waals surface area contributed by atoms with E-state index in [0.29, 0.717) is 24.5 Å². The van der Waals surface area contributed by atoms with Crippen molar-refractivity contribution in [2.75, 3.05) is 11.3 Å². The molecule has 0 amide bonds. The van der Waals surface area contributed by atoms with Gasteiger partial charge in [0, 0.05) is 12.7 Å². The molecule has 0 aliphatic carbocycles. The second-order valence-electron chi connectivity index (χ2n) is 4.34. The molecule has 0 saturated heterocycles. The maximum Gasteiger partial charge on any atom is 0.266 e. The third kappa shape index (κ3) is 3.52. The first-order valence-electron chi connectivity index (χ1n) is 6.33. The number of pyridine rings is 1. The summed E-state index contributed by atoms with van der Waals surface area (Å²) < 4.78 is 27.4. The van der Waals surface area contributed by atoms with Crippen molar-refractivity contribution in [2.24, 2.45) is 0 Å². The summed E-state index contributed by atoms with van der Waals surface area (Å²) in [5, 5.41) is 9.99. The van der Waals surface area contributed by atoms with Crippen molar-refractivity contribution in [3.05, 3.63) is 34.7 Å². The van der Waals surface area contributed by atoms with Crippen molar-refractivity contribution in [2.45, 2.75) is 25.3 Å². The number of halogens is 1. The molecule has 2 heterocycles. The summed E-state index contributed by atoms with van der Waals surface area (Å²) in [4.78, 5) is 4.04. The van der Waals surface area contributed by atoms with Crippen LogP contribution in [0.15, 0.2) is 23.2 Å². The van der Waals surface area contributed by atoms with Gasteiger partial charge >= 0.3 is 0 Å². The number of nitrogens with one attached hydrogen (secondary N) is 3. The van der Waals surface area contributed by atoms with Gasteiger partial charge in [-0.05, 0) is 25.6 Å². The molecule has 0 fully saturated rings. The van der Waals surface area contributed by atoms with Crippen LogP contribution in [-0.2, 0) is 16.6 Å². The fourth-order valence-corrected chi connectivity index (χ4v) is 3.45. The van der Waals surface area contributed by atoms with Crippen LogP contribution >= 0.6 is 11.6 Å². The molecule has 0 spiro atoms. The van der Waals surface area contributed by atoms with Crippen LogP contribution in [0.1, 0.15) is 18.3 Å². The lowest BCUT2D eigenvalue weighted by Gasteiger charge is -2.09. The van der Waals surface area contributed by atoms with E-state index in [1.165, 1.54) is 6.20 Å². The number of hydrogen-bond donors (Lipinski definition) is 3. The van der Waals surface area contributed by atoms with E-state index < -0.39 is 10.0 Å². The Morgan fingerprint density at radius 1 is 1.43 bits per heavy atom. The van der Waals surface area contributed by atoms with Crippen LogP contribution in [0.25, 0.3) is 0 Å². The molecule has 2 rings (SSSR count). The molecule has 21 heavy (non-hydrogen) atoms. The zero-order valence-corrected chi connectivity index (χ0v) is 13.2. The Balaban J connectivity index is 2.36. The fraction of sp³-hybridized carbons (Fsp3) is 0.333. The number of nitrogens with zero attached hydrogens (tertiary/aromatic N) is 2. The van der Waals surface area contributed by atoms with Gasteiger partial charge in [0.25, 0.3) is 10.0 Å². The number of aryl methyl sites for hydroxylation is 1. The Kier molecular flexibility index (Phi) is 4.81. The number of sulfonamides is 1. The summed E-state index contributed by atoms with van der Waals surface area (Å²) in [7, 11) is -3.81. The highest BCUT2D eigenvalue weighted by molar-refractivity contribution is 7.92. The molecule has 0 aliphatic rings. The smallest absolute Gasteiger partial charge is 0.266 e. The number of rotatable bonds is 6.